The van der Waals surface area contributed by atoms with Crippen molar-refractivity contribution in [3.63, 3.8) is 0 Å². The van der Waals surface area contributed by atoms with Gasteiger partial charge in [-0.1, -0.05) is 76.3 Å². The minimum absolute atomic E-state index is 0.0807. The van der Waals surface area contributed by atoms with Gasteiger partial charge in [-0.3, -0.25) is 4.90 Å². The number of unbranched alkanes of at least 4 members (excludes halogenated alkanes) is 3. The first kappa shape index (κ1) is 28.2. The lowest BCUT2D eigenvalue weighted by molar-refractivity contribution is -0.252. The second kappa shape index (κ2) is 10.9. The molecule has 0 aromatic heterocycles. The Balaban J connectivity index is 1.41. The van der Waals surface area contributed by atoms with E-state index in [9.17, 15) is 5.11 Å². The van der Waals surface area contributed by atoms with Crippen LogP contribution in [0.4, 0.5) is 0 Å². The predicted octanol–water partition coefficient (Wildman–Crippen LogP) is 7.31. The monoisotopic (exact) mass is 522 g/mol. The number of fused-ring (bicyclic) bond motifs is 3. The van der Waals surface area contributed by atoms with E-state index in [2.05, 4.69) is 68.7 Å². The average molecular weight is 523 g/mol. The summed E-state index contributed by atoms with van der Waals surface area (Å²) in [6.07, 6.45) is 15.5. The van der Waals surface area contributed by atoms with Gasteiger partial charge in [0.25, 0.3) is 0 Å². The second-order valence-electron chi connectivity index (χ2n) is 14.1. The number of allylic oxidation sites excluding steroid dienone is 1. The van der Waals surface area contributed by atoms with Crippen LogP contribution < -0.4 is 4.74 Å². The van der Waals surface area contributed by atoms with Crippen molar-refractivity contribution >= 4 is 0 Å². The lowest BCUT2D eigenvalue weighted by Gasteiger charge is -2.66. The third-order valence-corrected chi connectivity index (χ3v) is 11.1. The van der Waals surface area contributed by atoms with Crippen molar-refractivity contribution in [2.75, 3.05) is 32.7 Å². The molecule has 2 fully saturated rings. The minimum Gasteiger partial charge on any atom is -0.487 e. The van der Waals surface area contributed by atoms with Gasteiger partial charge in [0.15, 0.2) is 0 Å². The average Bonchev–Trinajstić information content (AvgIpc) is 3.42. The maximum Gasteiger partial charge on any atom is 0.126 e. The number of aliphatic hydroxyl groups is 1. The van der Waals surface area contributed by atoms with Gasteiger partial charge in [0, 0.05) is 24.6 Å². The van der Waals surface area contributed by atoms with Crippen LogP contribution in [0.3, 0.4) is 0 Å². The summed E-state index contributed by atoms with van der Waals surface area (Å²) in [4.78, 5) is 5.39. The van der Waals surface area contributed by atoms with E-state index in [0.717, 1.165) is 36.7 Å². The summed E-state index contributed by atoms with van der Waals surface area (Å²) in [7, 11) is 0. The number of para-hydroxylation sites is 1. The SMILES string of the molecule is CCCCCCC(C)(C)[C@@]12CC=C(CN3CCC(N4CCCC4)CC3)C[C@]1(O)c1ccccc1OC2(C)C. The van der Waals surface area contributed by atoms with E-state index < -0.39 is 16.6 Å². The van der Waals surface area contributed by atoms with Crippen LogP contribution in [0.5, 0.6) is 5.75 Å². The molecule has 1 N–H and O–H groups in total. The zero-order valence-electron chi connectivity index (χ0n) is 25.0. The number of likely N-dealkylation sites (tertiary alicyclic amines) is 2. The van der Waals surface area contributed by atoms with Crippen LogP contribution in [-0.2, 0) is 5.60 Å². The van der Waals surface area contributed by atoms with Crippen LogP contribution in [0.25, 0.3) is 0 Å². The van der Waals surface area contributed by atoms with Crippen LogP contribution in [-0.4, -0.2) is 59.3 Å². The number of piperidine rings is 1. The smallest absolute Gasteiger partial charge is 0.126 e. The van der Waals surface area contributed by atoms with Crippen LogP contribution in [0.15, 0.2) is 35.9 Å². The highest BCUT2D eigenvalue weighted by Crippen LogP contribution is 2.69. The molecule has 3 aliphatic heterocycles. The van der Waals surface area contributed by atoms with E-state index in [4.69, 9.17) is 4.74 Å². The van der Waals surface area contributed by atoms with Crippen molar-refractivity contribution in [3.05, 3.63) is 41.5 Å². The van der Waals surface area contributed by atoms with E-state index in [1.165, 1.54) is 83.1 Å². The highest BCUT2D eigenvalue weighted by atomic mass is 16.5. The Morgan fingerprint density at radius 3 is 2.42 bits per heavy atom. The fraction of sp³-hybridized carbons (Fsp3) is 0.765. The molecule has 0 saturated carbocycles. The van der Waals surface area contributed by atoms with Gasteiger partial charge in [-0.2, -0.15) is 0 Å². The van der Waals surface area contributed by atoms with Gasteiger partial charge >= 0.3 is 0 Å². The Morgan fingerprint density at radius 1 is 1.00 bits per heavy atom. The maximum absolute atomic E-state index is 13.1. The molecule has 0 amide bonds. The molecular formula is C34H54N2O2. The Morgan fingerprint density at radius 2 is 1.71 bits per heavy atom. The quantitative estimate of drug-likeness (QED) is 0.272. The second-order valence-corrected chi connectivity index (χ2v) is 14.1. The van der Waals surface area contributed by atoms with Crippen molar-refractivity contribution < 1.29 is 9.84 Å². The highest BCUT2D eigenvalue weighted by Gasteiger charge is 2.70. The molecule has 5 rings (SSSR count). The summed E-state index contributed by atoms with van der Waals surface area (Å²) in [5.41, 5.74) is 0.497. The number of rotatable bonds is 9. The van der Waals surface area contributed by atoms with E-state index in [1.807, 2.05) is 6.07 Å². The summed E-state index contributed by atoms with van der Waals surface area (Å²) in [6.45, 7) is 17.5. The molecule has 4 heteroatoms. The molecule has 2 saturated heterocycles. The minimum atomic E-state index is -0.947. The highest BCUT2D eigenvalue weighted by molar-refractivity contribution is 5.47. The Kier molecular flexibility index (Phi) is 8.08. The summed E-state index contributed by atoms with van der Waals surface area (Å²) in [6, 6.07) is 9.11. The molecule has 38 heavy (non-hydrogen) atoms. The van der Waals surface area contributed by atoms with Crippen molar-refractivity contribution in [3.8, 4) is 5.75 Å². The molecule has 4 nitrogen and oxygen atoms in total. The van der Waals surface area contributed by atoms with Gasteiger partial charge in [0.1, 0.15) is 17.0 Å². The summed E-state index contributed by atoms with van der Waals surface area (Å²) in [5, 5.41) is 13.1. The molecule has 0 unspecified atom stereocenters. The zero-order chi connectivity index (χ0) is 27.0. The summed E-state index contributed by atoms with van der Waals surface area (Å²) >= 11 is 0. The Hall–Kier alpha value is -1.36. The van der Waals surface area contributed by atoms with E-state index in [0.29, 0.717) is 6.42 Å². The first-order valence-corrected chi connectivity index (χ1v) is 15.8. The third-order valence-electron chi connectivity index (χ3n) is 11.1. The molecule has 0 bridgehead atoms. The lowest BCUT2D eigenvalue weighted by atomic mass is 9.43. The topological polar surface area (TPSA) is 35.9 Å². The fourth-order valence-corrected chi connectivity index (χ4v) is 9.16. The molecule has 2 atom stereocenters. The van der Waals surface area contributed by atoms with Crippen LogP contribution in [0, 0.1) is 10.8 Å². The first-order chi connectivity index (χ1) is 18.1. The molecule has 3 heterocycles. The van der Waals surface area contributed by atoms with Crippen LogP contribution in [0.1, 0.15) is 111 Å². The van der Waals surface area contributed by atoms with E-state index in [1.54, 1.807) is 0 Å². The van der Waals surface area contributed by atoms with Gasteiger partial charge < -0.3 is 14.7 Å². The van der Waals surface area contributed by atoms with Gasteiger partial charge in [-0.25, -0.2) is 0 Å². The lowest BCUT2D eigenvalue weighted by Crippen LogP contribution is -2.69. The van der Waals surface area contributed by atoms with Crippen molar-refractivity contribution in [1.82, 2.24) is 9.80 Å². The standard InChI is InChI=1S/C34H54N2O2/c1-6-7-8-11-19-31(2,3)34-20-16-27(26-35-23-17-28(18-24-35)36-21-12-13-22-36)25-33(34,37)29-14-9-10-15-30(29)38-32(34,4)5/h9-10,14-16,28,37H,6-8,11-13,17-26H2,1-5H3/t33-,34+/m0/s1. The van der Waals surface area contributed by atoms with E-state index >= 15 is 0 Å². The van der Waals surface area contributed by atoms with E-state index in [-0.39, 0.29) is 5.41 Å². The largest absolute Gasteiger partial charge is 0.487 e. The number of benzene rings is 1. The molecule has 1 aromatic carbocycles. The Labute approximate surface area is 232 Å². The first-order valence-electron chi connectivity index (χ1n) is 15.8. The molecule has 0 spiro atoms. The normalized spacial score (nSPS) is 30.4. The summed E-state index contributed by atoms with van der Waals surface area (Å²) in [5.74, 6) is 0.866. The molecule has 1 aliphatic carbocycles. The zero-order valence-corrected chi connectivity index (χ0v) is 25.0. The predicted molar refractivity (Wildman–Crippen MR) is 158 cm³/mol. The number of hydrogen-bond donors (Lipinski definition) is 1. The maximum atomic E-state index is 13.1. The number of ether oxygens (including phenoxy) is 1. The van der Waals surface area contributed by atoms with Crippen molar-refractivity contribution in [2.45, 2.75) is 122 Å². The number of hydrogen-bond acceptors (Lipinski definition) is 4. The third kappa shape index (κ3) is 4.77. The molecule has 0 radical (unpaired) electrons. The number of nitrogens with zero attached hydrogens (tertiary/aromatic N) is 2. The van der Waals surface area contributed by atoms with Crippen molar-refractivity contribution in [1.29, 1.82) is 0 Å². The van der Waals surface area contributed by atoms with Gasteiger partial charge in [0.2, 0.25) is 0 Å². The van der Waals surface area contributed by atoms with Gasteiger partial charge in [0.05, 0.1) is 5.41 Å². The Bertz CT molecular complexity index is 986. The fourth-order valence-electron chi connectivity index (χ4n) is 9.16. The molecule has 1 aromatic rings. The van der Waals surface area contributed by atoms with Gasteiger partial charge in [-0.05, 0) is 90.0 Å². The molecular weight excluding hydrogens is 468 g/mol. The van der Waals surface area contributed by atoms with Gasteiger partial charge in [-0.15, -0.1) is 0 Å². The molecule has 4 aliphatic rings. The van der Waals surface area contributed by atoms with Crippen LogP contribution >= 0.6 is 0 Å². The molecule has 212 valence electrons. The summed E-state index contributed by atoms with van der Waals surface area (Å²) < 4.78 is 6.81. The van der Waals surface area contributed by atoms with Crippen LogP contribution in [0.2, 0.25) is 0 Å². The van der Waals surface area contributed by atoms with Crippen molar-refractivity contribution in [2.24, 2.45) is 10.8 Å².